The van der Waals surface area contributed by atoms with Crippen molar-refractivity contribution < 1.29 is 9.47 Å². The van der Waals surface area contributed by atoms with Crippen LogP contribution in [0.5, 0.6) is 17.4 Å². The number of hydrogen-bond acceptors (Lipinski definition) is 5. The number of hydrogen-bond donors (Lipinski definition) is 1. The van der Waals surface area contributed by atoms with Crippen molar-refractivity contribution >= 4 is 21.8 Å². The Morgan fingerprint density at radius 3 is 2.58 bits per heavy atom. The number of fused-ring (bicyclic) bond motifs is 2. The Bertz CT molecular complexity index is 1260. The summed E-state index contributed by atoms with van der Waals surface area (Å²) >= 11 is 0. The number of aromatic nitrogens is 2. The summed E-state index contributed by atoms with van der Waals surface area (Å²) in [7, 11) is 2.19. The summed E-state index contributed by atoms with van der Waals surface area (Å²) in [6.07, 6.45) is 1.03. The second-order valence-electron chi connectivity index (χ2n) is 9.04. The molecule has 0 bridgehead atoms. The third-order valence-corrected chi connectivity index (χ3v) is 6.62. The molecule has 4 aromatic rings. The predicted molar refractivity (Wildman–Crippen MR) is 134 cm³/mol. The van der Waals surface area contributed by atoms with E-state index in [9.17, 15) is 0 Å². The van der Waals surface area contributed by atoms with E-state index in [-0.39, 0.29) is 0 Å². The topological polar surface area (TPSA) is 53.6 Å². The lowest BCUT2D eigenvalue weighted by Crippen LogP contribution is -2.44. The zero-order chi connectivity index (χ0) is 22.8. The maximum atomic E-state index is 6.10. The summed E-state index contributed by atoms with van der Waals surface area (Å²) in [6, 6.07) is 16.1. The lowest BCUT2D eigenvalue weighted by atomic mass is 10.1. The van der Waals surface area contributed by atoms with Crippen molar-refractivity contribution in [3.63, 3.8) is 0 Å². The van der Waals surface area contributed by atoms with Gasteiger partial charge >= 0.3 is 0 Å². The number of likely N-dealkylation sites (N-methyl/N-ethyl adjacent to an activating group) is 1. The zero-order valence-corrected chi connectivity index (χ0v) is 19.7. The summed E-state index contributed by atoms with van der Waals surface area (Å²) < 4.78 is 12.1. The van der Waals surface area contributed by atoms with Gasteiger partial charge in [-0.2, -0.15) is 0 Å². The van der Waals surface area contributed by atoms with Crippen LogP contribution >= 0.6 is 0 Å². The van der Waals surface area contributed by atoms with Crippen LogP contribution in [-0.2, 0) is 0 Å². The van der Waals surface area contributed by atoms with Gasteiger partial charge in [0.15, 0.2) is 0 Å². The minimum Gasteiger partial charge on any atom is -0.493 e. The van der Waals surface area contributed by atoms with E-state index >= 15 is 0 Å². The number of nitrogens with one attached hydrogen (secondary N) is 1. The maximum absolute atomic E-state index is 6.10. The van der Waals surface area contributed by atoms with E-state index in [0.717, 1.165) is 67.1 Å². The third-order valence-electron chi connectivity index (χ3n) is 6.62. The minimum atomic E-state index is 0.582. The highest BCUT2D eigenvalue weighted by Crippen LogP contribution is 2.29. The SMILES string of the molecule is Cc1[nH]c2ccc(Oc3ccc4ccc(OCCCN5CCN(C)CC5)cc4n3)cc2c1C. The molecule has 172 valence electrons. The molecule has 2 aromatic heterocycles. The lowest BCUT2D eigenvalue weighted by Gasteiger charge is -2.32. The highest BCUT2D eigenvalue weighted by Gasteiger charge is 2.13. The fourth-order valence-electron chi connectivity index (χ4n) is 4.40. The molecule has 33 heavy (non-hydrogen) atoms. The molecule has 0 aliphatic carbocycles. The van der Waals surface area contributed by atoms with E-state index in [1.807, 2.05) is 30.3 Å². The molecular weight excluding hydrogens is 412 g/mol. The number of rotatable bonds is 7. The highest BCUT2D eigenvalue weighted by molar-refractivity contribution is 5.86. The molecule has 2 aromatic carbocycles. The van der Waals surface area contributed by atoms with Gasteiger partial charge in [0.25, 0.3) is 0 Å². The van der Waals surface area contributed by atoms with Crippen molar-refractivity contribution in [3.05, 3.63) is 59.8 Å². The van der Waals surface area contributed by atoms with Gasteiger partial charge in [-0.1, -0.05) is 0 Å². The predicted octanol–water partition coefficient (Wildman–Crippen LogP) is 5.14. The largest absolute Gasteiger partial charge is 0.493 e. The quantitative estimate of drug-likeness (QED) is 0.400. The van der Waals surface area contributed by atoms with Gasteiger partial charge in [0, 0.05) is 66.8 Å². The molecule has 0 radical (unpaired) electrons. The first-order valence-corrected chi connectivity index (χ1v) is 11.8. The van der Waals surface area contributed by atoms with Crippen LogP contribution in [0.4, 0.5) is 0 Å². The van der Waals surface area contributed by atoms with Gasteiger partial charge in [0.1, 0.15) is 11.5 Å². The van der Waals surface area contributed by atoms with Crippen LogP contribution in [0, 0.1) is 13.8 Å². The number of aryl methyl sites for hydroxylation is 2. The fraction of sp³-hybridized carbons (Fsp3) is 0.370. The number of ether oxygens (including phenoxy) is 2. The second-order valence-corrected chi connectivity index (χ2v) is 9.04. The van der Waals surface area contributed by atoms with Crippen molar-refractivity contribution in [1.29, 1.82) is 0 Å². The summed E-state index contributed by atoms with van der Waals surface area (Å²) in [6.45, 7) is 10.6. The number of H-pyrrole nitrogens is 1. The van der Waals surface area contributed by atoms with Crippen LogP contribution in [0.25, 0.3) is 21.8 Å². The van der Waals surface area contributed by atoms with Crippen molar-refractivity contribution in [3.8, 4) is 17.4 Å². The average Bonchev–Trinajstić information content (AvgIpc) is 3.11. The Kier molecular flexibility index (Phi) is 6.20. The fourth-order valence-corrected chi connectivity index (χ4v) is 4.40. The monoisotopic (exact) mass is 444 g/mol. The van der Waals surface area contributed by atoms with Gasteiger partial charge < -0.3 is 24.3 Å². The first kappa shape index (κ1) is 21.7. The average molecular weight is 445 g/mol. The lowest BCUT2D eigenvalue weighted by molar-refractivity contribution is 0.145. The molecule has 6 nitrogen and oxygen atoms in total. The van der Waals surface area contributed by atoms with Crippen molar-refractivity contribution in [2.45, 2.75) is 20.3 Å². The molecule has 0 spiro atoms. The smallest absolute Gasteiger partial charge is 0.219 e. The number of benzene rings is 2. The van der Waals surface area contributed by atoms with Gasteiger partial charge in [0.05, 0.1) is 12.1 Å². The molecule has 5 rings (SSSR count). The Labute approximate surface area is 195 Å². The second kappa shape index (κ2) is 9.41. The van der Waals surface area contributed by atoms with Gasteiger partial charge in [-0.05, 0) is 69.3 Å². The molecule has 3 heterocycles. The van der Waals surface area contributed by atoms with Gasteiger partial charge in [-0.25, -0.2) is 4.98 Å². The highest BCUT2D eigenvalue weighted by atomic mass is 16.5. The van der Waals surface area contributed by atoms with E-state index in [0.29, 0.717) is 12.5 Å². The minimum absolute atomic E-state index is 0.582. The van der Waals surface area contributed by atoms with Crippen molar-refractivity contribution in [1.82, 2.24) is 19.8 Å². The van der Waals surface area contributed by atoms with Gasteiger partial charge in [0.2, 0.25) is 5.88 Å². The van der Waals surface area contributed by atoms with Crippen LogP contribution in [-0.4, -0.2) is 66.1 Å². The van der Waals surface area contributed by atoms with Crippen molar-refractivity contribution in [2.75, 3.05) is 46.4 Å². The molecule has 6 heteroatoms. The van der Waals surface area contributed by atoms with E-state index in [1.165, 1.54) is 16.6 Å². The Balaban J connectivity index is 1.22. The normalized spacial score (nSPS) is 15.4. The maximum Gasteiger partial charge on any atom is 0.219 e. The molecule has 0 atom stereocenters. The Morgan fingerprint density at radius 1 is 0.939 bits per heavy atom. The molecule has 1 aliphatic rings. The molecular formula is C27H32N4O2. The van der Waals surface area contributed by atoms with Crippen molar-refractivity contribution in [2.24, 2.45) is 0 Å². The van der Waals surface area contributed by atoms with Crippen LogP contribution in [0.3, 0.4) is 0 Å². The number of pyridine rings is 1. The molecule has 0 amide bonds. The molecule has 0 saturated carbocycles. The molecule has 1 N–H and O–H groups in total. The zero-order valence-electron chi connectivity index (χ0n) is 19.7. The first-order valence-electron chi connectivity index (χ1n) is 11.8. The van der Waals surface area contributed by atoms with Gasteiger partial charge in [-0.15, -0.1) is 0 Å². The van der Waals surface area contributed by atoms with E-state index in [1.54, 1.807) is 0 Å². The van der Waals surface area contributed by atoms with E-state index < -0.39 is 0 Å². The first-order chi connectivity index (χ1) is 16.0. The summed E-state index contributed by atoms with van der Waals surface area (Å²) in [4.78, 5) is 13.0. The van der Waals surface area contributed by atoms with Crippen LogP contribution in [0.2, 0.25) is 0 Å². The van der Waals surface area contributed by atoms with E-state index in [2.05, 4.69) is 53.9 Å². The molecule has 1 fully saturated rings. The number of piperazine rings is 1. The summed E-state index contributed by atoms with van der Waals surface area (Å²) in [5.41, 5.74) is 4.43. The summed E-state index contributed by atoms with van der Waals surface area (Å²) in [5.74, 6) is 2.22. The molecule has 0 unspecified atom stereocenters. The van der Waals surface area contributed by atoms with Crippen LogP contribution in [0.15, 0.2) is 48.5 Å². The Hall–Kier alpha value is -3.09. The molecule has 1 saturated heterocycles. The number of aromatic amines is 1. The van der Waals surface area contributed by atoms with Crippen LogP contribution < -0.4 is 9.47 Å². The van der Waals surface area contributed by atoms with Crippen LogP contribution in [0.1, 0.15) is 17.7 Å². The third kappa shape index (κ3) is 4.97. The van der Waals surface area contributed by atoms with E-state index in [4.69, 9.17) is 14.5 Å². The summed E-state index contributed by atoms with van der Waals surface area (Å²) in [5, 5.41) is 2.25. The van der Waals surface area contributed by atoms with Gasteiger partial charge in [-0.3, -0.25) is 0 Å². The molecule has 1 aliphatic heterocycles. The number of nitrogens with zero attached hydrogens (tertiary/aromatic N) is 3. The standard InChI is InChI=1S/C27H32N4O2/c1-19-20(2)28-25-9-8-23(17-24(19)25)33-27-10-6-21-5-7-22(18-26(21)29-27)32-16-4-11-31-14-12-30(3)13-15-31/h5-10,17-18,28H,4,11-16H2,1-3H3. The Morgan fingerprint density at radius 2 is 1.73 bits per heavy atom.